The van der Waals surface area contributed by atoms with Gasteiger partial charge >= 0.3 is 6.18 Å². The minimum Gasteiger partial charge on any atom is -0.369 e. The number of amides is 1. The van der Waals surface area contributed by atoms with E-state index in [-0.39, 0.29) is 12.0 Å². The van der Waals surface area contributed by atoms with Gasteiger partial charge in [-0.15, -0.1) is 0 Å². The zero-order valence-corrected chi connectivity index (χ0v) is 10.9. The van der Waals surface area contributed by atoms with E-state index in [1.54, 1.807) is 6.07 Å². The molecule has 0 aromatic heterocycles. The Labute approximate surface area is 115 Å². The SMILES string of the molecule is NC(=O)C1CCCNC1Cc1cccc(C(F)(F)F)c1. The van der Waals surface area contributed by atoms with E-state index < -0.39 is 17.6 Å². The Bertz CT molecular complexity index is 488. The van der Waals surface area contributed by atoms with Crippen LogP contribution >= 0.6 is 0 Å². The fourth-order valence-corrected chi connectivity index (χ4v) is 2.64. The number of hydrogen-bond donors (Lipinski definition) is 2. The molecule has 1 saturated heterocycles. The van der Waals surface area contributed by atoms with Crippen LogP contribution in [-0.4, -0.2) is 18.5 Å². The molecule has 20 heavy (non-hydrogen) atoms. The van der Waals surface area contributed by atoms with Gasteiger partial charge in [0.25, 0.3) is 0 Å². The van der Waals surface area contributed by atoms with Gasteiger partial charge in [-0.2, -0.15) is 13.2 Å². The Morgan fingerprint density at radius 2 is 2.15 bits per heavy atom. The lowest BCUT2D eigenvalue weighted by molar-refractivity contribution is -0.137. The van der Waals surface area contributed by atoms with Crippen LogP contribution in [-0.2, 0) is 17.4 Å². The second kappa shape index (κ2) is 5.83. The molecule has 1 aliphatic heterocycles. The van der Waals surface area contributed by atoms with Crippen LogP contribution in [0.25, 0.3) is 0 Å². The lowest BCUT2D eigenvalue weighted by Gasteiger charge is -2.30. The van der Waals surface area contributed by atoms with Crippen molar-refractivity contribution in [2.75, 3.05) is 6.54 Å². The van der Waals surface area contributed by atoms with Crippen molar-refractivity contribution >= 4 is 5.91 Å². The van der Waals surface area contributed by atoms with E-state index in [1.807, 2.05) is 0 Å². The number of nitrogens with two attached hydrogens (primary N) is 1. The van der Waals surface area contributed by atoms with Gasteiger partial charge in [0.15, 0.2) is 0 Å². The summed E-state index contributed by atoms with van der Waals surface area (Å²) in [7, 11) is 0. The van der Waals surface area contributed by atoms with Gasteiger partial charge in [-0.05, 0) is 37.4 Å². The molecule has 0 bridgehead atoms. The van der Waals surface area contributed by atoms with Crippen LogP contribution in [0.3, 0.4) is 0 Å². The second-order valence-electron chi connectivity index (χ2n) is 5.11. The molecule has 3 N–H and O–H groups in total. The predicted molar refractivity (Wildman–Crippen MR) is 68.9 cm³/mol. The maximum Gasteiger partial charge on any atom is 0.416 e. The zero-order chi connectivity index (χ0) is 14.8. The van der Waals surface area contributed by atoms with E-state index >= 15 is 0 Å². The summed E-state index contributed by atoms with van der Waals surface area (Å²) in [6, 6.07) is 5.02. The number of piperidine rings is 1. The molecule has 6 heteroatoms. The van der Waals surface area contributed by atoms with Crippen molar-refractivity contribution in [2.24, 2.45) is 11.7 Å². The van der Waals surface area contributed by atoms with E-state index in [1.165, 1.54) is 6.07 Å². The van der Waals surface area contributed by atoms with Crippen LogP contribution in [0.2, 0.25) is 0 Å². The molecule has 3 nitrogen and oxygen atoms in total. The van der Waals surface area contributed by atoms with Crippen LogP contribution in [0.15, 0.2) is 24.3 Å². The molecule has 1 aromatic rings. The Balaban J connectivity index is 2.14. The molecule has 2 atom stereocenters. The van der Waals surface area contributed by atoms with Crippen molar-refractivity contribution in [2.45, 2.75) is 31.5 Å². The maximum absolute atomic E-state index is 12.7. The van der Waals surface area contributed by atoms with E-state index in [9.17, 15) is 18.0 Å². The van der Waals surface area contributed by atoms with Gasteiger partial charge in [0.05, 0.1) is 11.5 Å². The molecule has 1 aromatic carbocycles. The molecule has 1 fully saturated rings. The van der Waals surface area contributed by atoms with Gasteiger partial charge in [0, 0.05) is 6.04 Å². The van der Waals surface area contributed by atoms with Crippen molar-refractivity contribution in [1.82, 2.24) is 5.32 Å². The van der Waals surface area contributed by atoms with E-state index in [2.05, 4.69) is 5.32 Å². The number of carbonyl (C=O) groups excluding carboxylic acids is 1. The Morgan fingerprint density at radius 1 is 1.40 bits per heavy atom. The van der Waals surface area contributed by atoms with Crippen LogP contribution in [0.5, 0.6) is 0 Å². The quantitative estimate of drug-likeness (QED) is 0.894. The molecule has 0 spiro atoms. The van der Waals surface area contributed by atoms with Crippen LogP contribution in [0.4, 0.5) is 13.2 Å². The zero-order valence-electron chi connectivity index (χ0n) is 10.9. The molecule has 110 valence electrons. The largest absolute Gasteiger partial charge is 0.416 e. The molecule has 0 radical (unpaired) electrons. The highest BCUT2D eigenvalue weighted by molar-refractivity contribution is 5.77. The van der Waals surface area contributed by atoms with E-state index in [0.717, 1.165) is 25.1 Å². The normalized spacial score (nSPS) is 23.6. The van der Waals surface area contributed by atoms with Crippen LogP contribution in [0, 0.1) is 5.92 Å². The molecular weight excluding hydrogens is 269 g/mol. The van der Waals surface area contributed by atoms with Crippen molar-refractivity contribution < 1.29 is 18.0 Å². The van der Waals surface area contributed by atoms with Gasteiger partial charge in [0.2, 0.25) is 5.91 Å². The number of nitrogens with one attached hydrogen (secondary N) is 1. The van der Waals surface area contributed by atoms with Crippen LogP contribution < -0.4 is 11.1 Å². The summed E-state index contributed by atoms with van der Waals surface area (Å²) >= 11 is 0. The maximum atomic E-state index is 12.7. The van der Waals surface area contributed by atoms with Gasteiger partial charge < -0.3 is 11.1 Å². The molecular formula is C14H17F3N2O. The molecule has 1 amide bonds. The predicted octanol–water partition coefficient (Wildman–Crippen LogP) is 2.10. The molecule has 2 unspecified atom stereocenters. The van der Waals surface area contributed by atoms with Crippen molar-refractivity contribution in [3.05, 3.63) is 35.4 Å². The smallest absolute Gasteiger partial charge is 0.369 e. The van der Waals surface area contributed by atoms with Gasteiger partial charge in [-0.3, -0.25) is 4.79 Å². The third kappa shape index (κ3) is 3.50. The number of halogens is 3. The molecule has 0 aliphatic carbocycles. The third-order valence-corrected chi connectivity index (χ3v) is 3.66. The summed E-state index contributed by atoms with van der Waals surface area (Å²) < 4.78 is 38.0. The summed E-state index contributed by atoms with van der Waals surface area (Å²) in [5.74, 6) is -0.715. The first-order chi connectivity index (χ1) is 9.38. The molecule has 2 rings (SSSR count). The second-order valence-corrected chi connectivity index (χ2v) is 5.11. The summed E-state index contributed by atoms with van der Waals surface area (Å²) in [5.41, 5.74) is 5.25. The average Bonchev–Trinajstić information content (AvgIpc) is 2.38. The molecule has 0 saturated carbocycles. The highest BCUT2D eigenvalue weighted by Gasteiger charge is 2.32. The van der Waals surface area contributed by atoms with Crippen molar-refractivity contribution in [3.63, 3.8) is 0 Å². The van der Waals surface area contributed by atoms with Gasteiger partial charge in [0.1, 0.15) is 0 Å². The minimum absolute atomic E-state index is 0.190. The lowest BCUT2D eigenvalue weighted by atomic mass is 9.86. The van der Waals surface area contributed by atoms with Gasteiger partial charge in [-0.1, -0.05) is 18.2 Å². The number of benzene rings is 1. The Kier molecular flexibility index (Phi) is 4.32. The highest BCUT2D eigenvalue weighted by Crippen LogP contribution is 2.30. The monoisotopic (exact) mass is 286 g/mol. The fraction of sp³-hybridized carbons (Fsp3) is 0.500. The molecule has 1 aliphatic rings. The first kappa shape index (κ1) is 14.8. The fourth-order valence-electron chi connectivity index (χ4n) is 2.64. The standard InChI is InChI=1S/C14H17F3N2O/c15-14(16,17)10-4-1-3-9(7-10)8-12-11(13(18)20)5-2-6-19-12/h1,3-4,7,11-12,19H,2,5-6,8H2,(H2,18,20). The first-order valence-corrected chi connectivity index (χ1v) is 6.57. The lowest BCUT2D eigenvalue weighted by Crippen LogP contribution is -2.48. The van der Waals surface area contributed by atoms with Gasteiger partial charge in [-0.25, -0.2) is 0 Å². The average molecular weight is 286 g/mol. The van der Waals surface area contributed by atoms with E-state index in [0.29, 0.717) is 18.4 Å². The van der Waals surface area contributed by atoms with Crippen molar-refractivity contribution in [1.29, 1.82) is 0 Å². The number of primary amides is 1. The third-order valence-electron chi connectivity index (χ3n) is 3.66. The summed E-state index contributed by atoms with van der Waals surface area (Å²) in [6.07, 6.45) is -2.44. The van der Waals surface area contributed by atoms with Crippen LogP contribution in [0.1, 0.15) is 24.0 Å². The topological polar surface area (TPSA) is 55.1 Å². The minimum atomic E-state index is -4.35. The summed E-state index contributed by atoms with van der Waals surface area (Å²) in [4.78, 5) is 11.4. The first-order valence-electron chi connectivity index (χ1n) is 6.57. The summed E-state index contributed by atoms with van der Waals surface area (Å²) in [6.45, 7) is 0.757. The highest BCUT2D eigenvalue weighted by atomic mass is 19.4. The summed E-state index contributed by atoms with van der Waals surface area (Å²) in [5, 5.41) is 3.18. The molecule has 1 heterocycles. The van der Waals surface area contributed by atoms with E-state index in [4.69, 9.17) is 5.73 Å². The number of hydrogen-bond acceptors (Lipinski definition) is 2. The number of rotatable bonds is 3. The Morgan fingerprint density at radius 3 is 2.80 bits per heavy atom. The van der Waals surface area contributed by atoms with Crippen molar-refractivity contribution in [3.8, 4) is 0 Å². The Hall–Kier alpha value is -1.56. The number of carbonyl (C=O) groups is 1. The number of alkyl halides is 3.